The van der Waals surface area contributed by atoms with Gasteiger partial charge < -0.3 is 5.32 Å². The van der Waals surface area contributed by atoms with E-state index in [0.717, 1.165) is 17.8 Å². The van der Waals surface area contributed by atoms with Crippen LogP contribution in [-0.4, -0.2) is 6.54 Å². The van der Waals surface area contributed by atoms with Gasteiger partial charge >= 0.3 is 0 Å². The highest BCUT2D eigenvalue weighted by Gasteiger charge is 2.39. The molecule has 1 heterocycles. The summed E-state index contributed by atoms with van der Waals surface area (Å²) >= 11 is 1.93. The van der Waals surface area contributed by atoms with Crippen LogP contribution in [0.4, 0.5) is 0 Å². The Morgan fingerprint density at radius 1 is 1.35 bits per heavy atom. The van der Waals surface area contributed by atoms with E-state index >= 15 is 0 Å². The molecule has 94 valence electrons. The van der Waals surface area contributed by atoms with Gasteiger partial charge in [0, 0.05) is 15.8 Å². The molecule has 1 nitrogen and oxygen atoms in total. The Bertz CT molecular complexity index is 384. The molecule has 3 rings (SSSR count). The minimum atomic E-state index is 0.535. The first kappa shape index (κ1) is 11.7. The van der Waals surface area contributed by atoms with E-state index in [9.17, 15) is 0 Å². The summed E-state index contributed by atoms with van der Waals surface area (Å²) in [6.07, 6.45) is 6.04. The highest BCUT2D eigenvalue weighted by molar-refractivity contribution is 7.12. The normalized spacial score (nSPS) is 33.2. The standard InChI is InChI=1S/C15H23NS/c1-10-3-6-15(17-10)11(2)16-9-14-8-12-4-5-13(14)7-12/h3,6,11-14,16H,4-5,7-9H2,1-2H3. The van der Waals surface area contributed by atoms with Crippen LogP contribution in [-0.2, 0) is 0 Å². The minimum Gasteiger partial charge on any atom is -0.309 e. The number of hydrogen-bond acceptors (Lipinski definition) is 2. The molecule has 17 heavy (non-hydrogen) atoms. The quantitative estimate of drug-likeness (QED) is 0.845. The summed E-state index contributed by atoms with van der Waals surface area (Å²) in [5, 5.41) is 3.75. The van der Waals surface area contributed by atoms with E-state index < -0.39 is 0 Å². The fourth-order valence-electron chi connectivity index (χ4n) is 3.74. The van der Waals surface area contributed by atoms with Crippen LogP contribution >= 0.6 is 11.3 Å². The van der Waals surface area contributed by atoms with Crippen molar-refractivity contribution in [2.45, 2.75) is 45.6 Å². The lowest BCUT2D eigenvalue weighted by Gasteiger charge is -2.23. The maximum Gasteiger partial charge on any atom is 0.0386 e. The molecule has 1 aromatic heterocycles. The fourth-order valence-corrected chi connectivity index (χ4v) is 4.65. The zero-order valence-electron chi connectivity index (χ0n) is 10.9. The van der Waals surface area contributed by atoms with Crippen LogP contribution in [0.3, 0.4) is 0 Å². The number of hydrogen-bond donors (Lipinski definition) is 1. The molecule has 0 radical (unpaired) electrons. The molecule has 0 spiro atoms. The van der Waals surface area contributed by atoms with Gasteiger partial charge in [0.25, 0.3) is 0 Å². The van der Waals surface area contributed by atoms with E-state index in [2.05, 4.69) is 31.3 Å². The number of fused-ring (bicyclic) bond motifs is 2. The second kappa shape index (κ2) is 4.74. The highest BCUT2D eigenvalue weighted by Crippen LogP contribution is 2.48. The molecule has 2 saturated carbocycles. The van der Waals surface area contributed by atoms with Crippen molar-refractivity contribution in [3.63, 3.8) is 0 Å². The van der Waals surface area contributed by atoms with Crippen molar-refractivity contribution < 1.29 is 0 Å². The third-order valence-electron chi connectivity index (χ3n) is 4.76. The van der Waals surface area contributed by atoms with Gasteiger partial charge in [-0.25, -0.2) is 0 Å². The SMILES string of the molecule is Cc1ccc(C(C)NCC2CC3CCC2C3)s1. The van der Waals surface area contributed by atoms with Crippen molar-refractivity contribution >= 4 is 11.3 Å². The number of thiophene rings is 1. The molecule has 0 saturated heterocycles. The van der Waals surface area contributed by atoms with Gasteiger partial charge in [0.1, 0.15) is 0 Å². The average molecular weight is 249 g/mol. The topological polar surface area (TPSA) is 12.0 Å². The second-order valence-electron chi connectivity index (χ2n) is 6.01. The molecule has 0 amide bonds. The van der Waals surface area contributed by atoms with Gasteiger partial charge in [-0.1, -0.05) is 6.42 Å². The summed E-state index contributed by atoms with van der Waals surface area (Å²) in [7, 11) is 0. The molecule has 0 aromatic carbocycles. The van der Waals surface area contributed by atoms with Crippen molar-refractivity contribution in [1.29, 1.82) is 0 Å². The van der Waals surface area contributed by atoms with Gasteiger partial charge in [-0.05, 0) is 69.5 Å². The monoisotopic (exact) mass is 249 g/mol. The summed E-state index contributed by atoms with van der Waals surface area (Å²) in [6.45, 7) is 5.73. The summed E-state index contributed by atoms with van der Waals surface area (Å²) < 4.78 is 0. The van der Waals surface area contributed by atoms with Gasteiger partial charge in [-0.15, -0.1) is 11.3 Å². The van der Waals surface area contributed by atoms with E-state index in [1.165, 1.54) is 42.0 Å². The first-order valence-corrected chi connectivity index (χ1v) is 7.83. The summed E-state index contributed by atoms with van der Waals surface area (Å²) in [4.78, 5) is 2.92. The van der Waals surface area contributed by atoms with Gasteiger partial charge in [-0.3, -0.25) is 0 Å². The Hall–Kier alpha value is -0.340. The molecule has 1 N–H and O–H groups in total. The maximum absolute atomic E-state index is 3.75. The lowest BCUT2D eigenvalue weighted by atomic mass is 9.89. The first-order chi connectivity index (χ1) is 8.22. The van der Waals surface area contributed by atoms with Crippen LogP contribution in [0.5, 0.6) is 0 Å². The molecule has 2 bridgehead atoms. The van der Waals surface area contributed by atoms with Crippen molar-refractivity contribution in [3.05, 3.63) is 21.9 Å². The van der Waals surface area contributed by atoms with Crippen molar-refractivity contribution in [2.24, 2.45) is 17.8 Å². The number of aryl methyl sites for hydroxylation is 1. The third-order valence-corrected chi connectivity index (χ3v) is 5.94. The van der Waals surface area contributed by atoms with E-state index in [0.29, 0.717) is 6.04 Å². The molecule has 2 aliphatic rings. The molecule has 2 heteroatoms. The average Bonchev–Trinajstić information content (AvgIpc) is 3.01. The van der Waals surface area contributed by atoms with Crippen LogP contribution in [0.1, 0.15) is 48.4 Å². The summed E-state index contributed by atoms with van der Waals surface area (Å²) in [5.41, 5.74) is 0. The van der Waals surface area contributed by atoms with Crippen LogP contribution in [0.25, 0.3) is 0 Å². The van der Waals surface area contributed by atoms with Crippen molar-refractivity contribution in [1.82, 2.24) is 5.32 Å². The van der Waals surface area contributed by atoms with Gasteiger partial charge in [0.15, 0.2) is 0 Å². The third kappa shape index (κ3) is 2.43. The van der Waals surface area contributed by atoms with Crippen LogP contribution in [0.2, 0.25) is 0 Å². The van der Waals surface area contributed by atoms with Crippen LogP contribution in [0, 0.1) is 24.7 Å². The largest absolute Gasteiger partial charge is 0.309 e. The highest BCUT2D eigenvalue weighted by atomic mass is 32.1. The Morgan fingerprint density at radius 2 is 2.24 bits per heavy atom. The lowest BCUT2D eigenvalue weighted by molar-refractivity contribution is 0.310. The van der Waals surface area contributed by atoms with Gasteiger partial charge in [0.05, 0.1) is 0 Å². The minimum absolute atomic E-state index is 0.535. The number of nitrogens with one attached hydrogen (secondary N) is 1. The Morgan fingerprint density at radius 3 is 2.82 bits per heavy atom. The first-order valence-electron chi connectivity index (χ1n) is 7.02. The molecule has 2 fully saturated rings. The predicted octanol–water partition coefficient (Wildman–Crippen LogP) is 4.14. The predicted molar refractivity (Wildman–Crippen MR) is 74.4 cm³/mol. The van der Waals surface area contributed by atoms with Crippen LogP contribution in [0.15, 0.2) is 12.1 Å². The fraction of sp³-hybridized carbons (Fsp3) is 0.733. The van der Waals surface area contributed by atoms with E-state index in [1.54, 1.807) is 0 Å². The number of rotatable bonds is 4. The molecule has 4 atom stereocenters. The van der Waals surface area contributed by atoms with Crippen molar-refractivity contribution in [3.8, 4) is 0 Å². The molecule has 1 aromatic rings. The maximum atomic E-state index is 3.75. The smallest absolute Gasteiger partial charge is 0.0386 e. The summed E-state index contributed by atoms with van der Waals surface area (Å²) in [5.74, 6) is 3.09. The van der Waals surface area contributed by atoms with Crippen molar-refractivity contribution in [2.75, 3.05) is 6.54 Å². The molecular formula is C15H23NS. The lowest BCUT2D eigenvalue weighted by Crippen LogP contribution is -2.28. The second-order valence-corrected chi connectivity index (χ2v) is 7.33. The van der Waals surface area contributed by atoms with Crippen LogP contribution < -0.4 is 5.32 Å². The molecular weight excluding hydrogens is 226 g/mol. The van der Waals surface area contributed by atoms with Gasteiger partial charge in [0.2, 0.25) is 0 Å². The zero-order valence-corrected chi connectivity index (χ0v) is 11.7. The summed E-state index contributed by atoms with van der Waals surface area (Å²) in [6, 6.07) is 5.04. The van der Waals surface area contributed by atoms with E-state index in [-0.39, 0.29) is 0 Å². The van der Waals surface area contributed by atoms with E-state index in [1.807, 2.05) is 11.3 Å². The zero-order chi connectivity index (χ0) is 11.8. The Labute approximate surface area is 109 Å². The van der Waals surface area contributed by atoms with Gasteiger partial charge in [-0.2, -0.15) is 0 Å². The van der Waals surface area contributed by atoms with E-state index in [4.69, 9.17) is 0 Å². The molecule has 2 aliphatic carbocycles. The Kier molecular flexibility index (Phi) is 3.27. The molecule has 4 unspecified atom stereocenters. The Balaban J connectivity index is 1.51. The molecule has 0 aliphatic heterocycles.